The van der Waals surface area contributed by atoms with E-state index in [1.165, 1.54) is 0 Å². The molecular weight excluding hydrogens is 246 g/mol. The lowest BCUT2D eigenvalue weighted by Crippen LogP contribution is -2.06. The first-order chi connectivity index (χ1) is 8.60. The van der Waals surface area contributed by atoms with Crippen molar-refractivity contribution in [1.29, 1.82) is 0 Å². The smallest absolute Gasteiger partial charge is 0.178 e. The maximum absolute atomic E-state index is 11.8. The molecule has 0 amide bonds. The molecule has 0 unspecified atom stereocenters. The van der Waals surface area contributed by atoms with Gasteiger partial charge in [-0.2, -0.15) is 0 Å². The molecule has 0 aliphatic rings. The predicted molar refractivity (Wildman–Crippen MR) is 75.3 cm³/mol. The minimum absolute atomic E-state index is 0.200. The van der Waals surface area contributed by atoms with Crippen LogP contribution in [0, 0.1) is 11.8 Å². The summed E-state index contributed by atoms with van der Waals surface area (Å²) in [5.74, 6) is 5.99. The molecule has 1 rings (SSSR count). The summed E-state index contributed by atoms with van der Waals surface area (Å²) in [6, 6.07) is 6.89. The van der Waals surface area contributed by atoms with Gasteiger partial charge in [0.25, 0.3) is 0 Å². The minimum Gasteiger partial charge on any atom is -0.384 e. The van der Waals surface area contributed by atoms with Crippen molar-refractivity contribution in [2.24, 2.45) is 0 Å². The van der Waals surface area contributed by atoms with Gasteiger partial charge >= 0.3 is 0 Å². The second-order valence-corrected chi connectivity index (χ2v) is 6.06. The van der Waals surface area contributed by atoms with Crippen LogP contribution in [0.5, 0.6) is 0 Å². The fourth-order valence-corrected chi connectivity index (χ4v) is 2.88. The van der Waals surface area contributed by atoms with Crippen LogP contribution in [0.3, 0.4) is 0 Å². The molecule has 0 heterocycles. The highest BCUT2D eigenvalue weighted by molar-refractivity contribution is 7.91. The van der Waals surface area contributed by atoms with E-state index in [4.69, 9.17) is 0 Å². The zero-order valence-corrected chi connectivity index (χ0v) is 11.7. The zero-order chi connectivity index (χ0) is 13.4. The molecule has 1 aromatic carbocycles. The number of anilines is 1. The van der Waals surface area contributed by atoms with E-state index in [2.05, 4.69) is 17.2 Å². The van der Waals surface area contributed by atoms with Crippen molar-refractivity contribution >= 4 is 15.5 Å². The number of hydrogen-bond donors (Lipinski definition) is 1. The summed E-state index contributed by atoms with van der Waals surface area (Å²) in [5.41, 5.74) is 0.920. The average molecular weight is 265 g/mol. The van der Waals surface area contributed by atoms with Gasteiger partial charge < -0.3 is 5.32 Å². The van der Waals surface area contributed by atoms with Crippen LogP contribution < -0.4 is 5.32 Å². The Morgan fingerprint density at radius 1 is 1.22 bits per heavy atom. The Bertz CT molecular complexity index is 521. The van der Waals surface area contributed by atoms with Gasteiger partial charge in [-0.25, -0.2) is 8.42 Å². The molecule has 1 aromatic rings. The standard InChI is InChI=1S/C14H19NO2S/c1-3-5-6-11-15-13-7-9-14(10-8-13)18(16,17)12-4-2/h7-10,15H,4,6,11-12H2,1-2H3. The Kier molecular flexibility index (Phi) is 5.73. The Hall–Kier alpha value is -1.47. The number of sulfone groups is 1. The Balaban J connectivity index is 2.64. The van der Waals surface area contributed by atoms with Crippen molar-refractivity contribution in [2.75, 3.05) is 17.6 Å². The SMILES string of the molecule is CC#CCCNc1ccc(S(=O)(=O)CCC)cc1. The van der Waals surface area contributed by atoms with Crippen LogP contribution in [0.25, 0.3) is 0 Å². The van der Waals surface area contributed by atoms with Gasteiger partial charge in [0.2, 0.25) is 0 Å². The third kappa shape index (κ3) is 4.42. The van der Waals surface area contributed by atoms with Crippen LogP contribution >= 0.6 is 0 Å². The Morgan fingerprint density at radius 2 is 1.89 bits per heavy atom. The zero-order valence-electron chi connectivity index (χ0n) is 10.9. The Labute approximate surface area is 110 Å². The van der Waals surface area contributed by atoms with E-state index in [0.717, 1.165) is 18.7 Å². The van der Waals surface area contributed by atoms with E-state index in [-0.39, 0.29) is 5.75 Å². The van der Waals surface area contributed by atoms with Gasteiger partial charge in [-0.05, 0) is 37.6 Å². The van der Waals surface area contributed by atoms with Crippen molar-refractivity contribution in [3.63, 3.8) is 0 Å². The molecule has 98 valence electrons. The lowest BCUT2D eigenvalue weighted by Gasteiger charge is -2.06. The van der Waals surface area contributed by atoms with Crippen LogP contribution in [0.15, 0.2) is 29.2 Å². The van der Waals surface area contributed by atoms with Crippen molar-refractivity contribution in [3.8, 4) is 11.8 Å². The van der Waals surface area contributed by atoms with Crippen molar-refractivity contribution in [3.05, 3.63) is 24.3 Å². The highest BCUT2D eigenvalue weighted by Crippen LogP contribution is 2.15. The van der Waals surface area contributed by atoms with Gasteiger partial charge in [-0.1, -0.05) is 6.92 Å². The van der Waals surface area contributed by atoms with Crippen LogP contribution in [0.1, 0.15) is 26.7 Å². The fourth-order valence-electron chi connectivity index (χ4n) is 1.56. The highest BCUT2D eigenvalue weighted by atomic mass is 32.2. The van der Waals surface area contributed by atoms with E-state index in [1.807, 2.05) is 13.8 Å². The summed E-state index contributed by atoms with van der Waals surface area (Å²) in [6.07, 6.45) is 1.42. The maximum atomic E-state index is 11.8. The molecule has 0 atom stereocenters. The van der Waals surface area contributed by atoms with E-state index in [9.17, 15) is 8.42 Å². The third-order valence-corrected chi connectivity index (χ3v) is 4.38. The third-order valence-electron chi connectivity index (χ3n) is 2.44. The van der Waals surface area contributed by atoms with E-state index in [1.54, 1.807) is 24.3 Å². The van der Waals surface area contributed by atoms with Crippen LogP contribution in [-0.4, -0.2) is 20.7 Å². The number of rotatable bonds is 6. The predicted octanol–water partition coefficient (Wildman–Crippen LogP) is 2.70. The van der Waals surface area contributed by atoms with Crippen LogP contribution in [0.4, 0.5) is 5.69 Å². The maximum Gasteiger partial charge on any atom is 0.178 e. The fraction of sp³-hybridized carbons (Fsp3) is 0.429. The first-order valence-corrected chi connectivity index (χ1v) is 7.71. The summed E-state index contributed by atoms with van der Waals surface area (Å²) in [6.45, 7) is 4.44. The van der Waals surface area contributed by atoms with Gasteiger partial charge in [0.15, 0.2) is 9.84 Å². The van der Waals surface area contributed by atoms with Gasteiger partial charge in [0.1, 0.15) is 0 Å². The molecule has 1 N–H and O–H groups in total. The van der Waals surface area contributed by atoms with E-state index < -0.39 is 9.84 Å². The molecule has 0 spiro atoms. The monoisotopic (exact) mass is 265 g/mol. The molecule has 3 nitrogen and oxygen atoms in total. The summed E-state index contributed by atoms with van der Waals surface area (Å²) in [7, 11) is -3.11. The second-order valence-electron chi connectivity index (χ2n) is 3.95. The number of nitrogens with one attached hydrogen (secondary N) is 1. The van der Waals surface area contributed by atoms with Gasteiger partial charge in [0, 0.05) is 18.7 Å². The summed E-state index contributed by atoms with van der Waals surface area (Å²) in [5, 5.41) is 3.19. The van der Waals surface area contributed by atoms with Gasteiger partial charge in [-0.3, -0.25) is 0 Å². The minimum atomic E-state index is -3.11. The molecular formula is C14H19NO2S. The number of hydrogen-bond acceptors (Lipinski definition) is 3. The summed E-state index contributed by atoms with van der Waals surface area (Å²) < 4.78 is 23.6. The van der Waals surface area contributed by atoms with Gasteiger partial charge in [0.05, 0.1) is 10.6 Å². The first kappa shape index (κ1) is 14.6. The molecule has 0 aliphatic carbocycles. The summed E-state index contributed by atoms with van der Waals surface area (Å²) in [4.78, 5) is 0.392. The quantitative estimate of drug-likeness (QED) is 0.635. The van der Waals surface area contributed by atoms with E-state index >= 15 is 0 Å². The highest BCUT2D eigenvalue weighted by Gasteiger charge is 2.12. The molecule has 0 radical (unpaired) electrons. The van der Waals surface area contributed by atoms with Crippen molar-refractivity contribution < 1.29 is 8.42 Å². The molecule has 4 heteroatoms. The molecule has 0 bridgehead atoms. The molecule has 0 saturated heterocycles. The average Bonchev–Trinajstić information content (AvgIpc) is 2.35. The normalized spacial score (nSPS) is 10.6. The van der Waals surface area contributed by atoms with Crippen molar-refractivity contribution in [1.82, 2.24) is 0 Å². The van der Waals surface area contributed by atoms with Crippen LogP contribution in [0.2, 0.25) is 0 Å². The molecule has 0 saturated carbocycles. The first-order valence-electron chi connectivity index (χ1n) is 6.06. The largest absolute Gasteiger partial charge is 0.384 e. The molecule has 0 fully saturated rings. The van der Waals surface area contributed by atoms with Gasteiger partial charge in [-0.15, -0.1) is 11.8 Å². The molecule has 0 aliphatic heterocycles. The second kappa shape index (κ2) is 7.07. The lowest BCUT2D eigenvalue weighted by molar-refractivity contribution is 0.595. The lowest BCUT2D eigenvalue weighted by atomic mass is 10.3. The molecule has 18 heavy (non-hydrogen) atoms. The van der Waals surface area contributed by atoms with Crippen molar-refractivity contribution in [2.45, 2.75) is 31.6 Å². The Morgan fingerprint density at radius 3 is 2.44 bits per heavy atom. The topological polar surface area (TPSA) is 46.2 Å². The van der Waals surface area contributed by atoms with E-state index in [0.29, 0.717) is 11.3 Å². The number of benzene rings is 1. The summed E-state index contributed by atoms with van der Waals surface area (Å²) >= 11 is 0. The van der Waals surface area contributed by atoms with Crippen LogP contribution in [-0.2, 0) is 9.84 Å². The molecule has 0 aromatic heterocycles.